The van der Waals surface area contributed by atoms with E-state index in [0.29, 0.717) is 6.04 Å². The lowest BCUT2D eigenvalue weighted by molar-refractivity contribution is -0.671. The summed E-state index contributed by atoms with van der Waals surface area (Å²) < 4.78 is 4.28. The summed E-state index contributed by atoms with van der Waals surface area (Å²) in [5.74, 6) is 0.0583. The van der Waals surface area contributed by atoms with Gasteiger partial charge in [0, 0.05) is 13.0 Å². The molecule has 1 rings (SSSR count). The van der Waals surface area contributed by atoms with E-state index in [1.165, 1.54) is 0 Å². The summed E-state index contributed by atoms with van der Waals surface area (Å²) >= 11 is 0. The third kappa shape index (κ3) is 5.02. The van der Waals surface area contributed by atoms with Gasteiger partial charge < -0.3 is 5.32 Å². The molecule has 4 heteroatoms. The van der Waals surface area contributed by atoms with E-state index in [1.54, 1.807) is 6.92 Å². The van der Waals surface area contributed by atoms with Gasteiger partial charge in [-0.25, -0.2) is 9.13 Å². The van der Waals surface area contributed by atoms with Gasteiger partial charge in [-0.3, -0.25) is 4.79 Å². The lowest BCUT2D eigenvalue weighted by atomic mass is 10.1. The van der Waals surface area contributed by atoms with E-state index < -0.39 is 0 Å². The van der Waals surface area contributed by atoms with Crippen molar-refractivity contribution in [2.45, 2.75) is 52.1 Å². The summed E-state index contributed by atoms with van der Waals surface area (Å²) in [5.41, 5.74) is 0. The molecule has 0 aliphatic rings. The minimum Gasteiger partial charge on any atom is -0.354 e. The van der Waals surface area contributed by atoms with Gasteiger partial charge in [-0.05, 0) is 33.1 Å². The molecule has 1 heterocycles. The Kier molecular flexibility index (Phi) is 5.19. The van der Waals surface area contributed by atoms with Crippen molar-refractivity contribution in [2.75, 3.05) is 0 Å². The van der Waals surface area contributed by atoms with Crippen LogP contribution < -0.4 is 9.88 Å². The molecule has 0 bridgehead atoms. The first-order chi connectivity index (χ1) is 7.99. The highest BCUT2D eigenvalue weighted by Crippen LogP contribution is 2.14. The van der Waals surface area contributed by atoms with E-state index in [4.69, 9.17) is 0 Å². The zero-order valence-electron chi connectivity index (χ0n) is 11.3. The van der Waals surface area contributed by atoms with Gasteiger partial charge >= 0.3 is 0 Å². The van der Waals surface area contributed by atoms with E-state index >= 15 is 0 Å². The van der Waals surface area contributed by atoms with E-state index in [2.05, 4.69) is 47.0 Å². The molecule has 0 fully saturated rings. The van der Waals surface area contributed by atoms with Gasteiger partial charge in [0.25, 0.3) is 0 Å². The fraction of sp³-hybridized carbons (Fsp3) is 0.692. The van der Waals surface area contributed by atoms with Crippen LogP contribution in [0, 0.1) is 0 Å². The predicted molar refractivity (Wildman–Crippen MR) is 67.4 cm³/mol. The van der Waals surface area contributed by atoms with Crippen LogP contribution in [-0.4, -0.2) is 16.5 Å². The standard InChI is InChI=1S/C13H23N3O/c1-11(14-13(3)17)6-5-7-12(2)16-9-8-15(4)10-16/h8-12H,5-7H2,1-4H3/p+1. The topological polar surface area (TPSA) is 37.9 Å². The number of nitrogens with one attached hydrogen (secondary N) is 1. The van der Waals surface area contributed by atoms with E-state index in [0.717, 1.165) is 19.3 Å². The first-order valence-corrected chi connectivity index (χ1v) is 6.29. The van der Waals surface area contributed by atoms with E-state index in [9.17, 15) is 4.79 Å². The molecule has 96 valence electrons. The molecule has 2 atom stereocenters. The largest absolute Gasteiger partial charge is 0.354 e. The maximum atomic E-state index is 10.9. The van der Waals surface area contributed by atoms with Gasteiger partial charge in [-0.2, -0.15) is 0 Å². The summed E-state index contributed by atoms with van der Waals surface area (Å²) in [4.78, 5) is 10.9. The van der Waals surface area contributed by atoms with Crippen LogP contribution in [0.15, 0.2) is 18.7 Å². The van der Waals surface area contributed by atoms with Gasteiger partial charge in [0.1, 0.15) is 12.4 Å². The molecule has 0 saturated heterocycles. The monoisotopic (exact) mass is 238 g/mol. The average Bonchev–Trinajstić information content (AvgIpc) is 2.63. The van der Waals surface area contributed by atoms with Crippen molar-refractivity contribution in [1.29, 1.82) is 0 Å². The minimum atomic E-state index is 0.0583. The van der Waals surface area contributed by atoms with Crippen molar-refractivity contribution >= 4 is 5.91 Å². The third-order valence-electron chi connectivity index (χ3n) is 3.01. The molecule has 2 unspecified atom stereocenters. The smallest absolute Gasteiger partial charge is 0.243 e. The Morgan fingerprint density at radius 3 is 2.65 bits per heavy atom. The second-order valence-electron chi connectivity index (χ2n) is 4.91. The van der Waals surface area contributed by atoms with Crippen LogP contribution in [0.5, 0.6) is 0 Å². The van der Waals surface area contributed by atoms with Gasteiger partial charge in [-0.1, -0.05) is 0 Å². The first kappa shape index (κ1) is 13.7. The molecule has 17 heavy (non-hydrogen) atoms. The van der Waals surface area contributed by atoms with Crippen molar-refractivity contribution in [1.82, 2.24) is 9.88 Å². The zero-order valence-corrected chi connectivity index (χ0v) is 11.3. The molecular weight excluding hydrogens is 214 g/mol. The highest BCUT2D eigenvalue weighted by atomic mass is 16.1. The second kappa shape index (κ2) is 6.42. The van der Waals surface area contributed by atoms with Crippen molar-refractivity contribution in [3.8, 4) is 0 Å². The lowest BCUT2D eigenvalue weighted by Crippen LogP contribution is -2.30. The number of carbonyl (C=O) groups excluding carboxylic acids is 1. The molecule has 1 amide bonds. The Bertz CT molecular complexity index is 359. The minimum absolute atomic E-state index is 0.0583. The van der Waals surface area contributed by atoms with Crippen LogP contribution in [-0.2, 0) is 11.8 Å². The molecule has 0 saturated carbocycles. The molecule has 0 aliphatic carbocycles. The average molecular weight is 238 g/mol. The number of imidazole rings is 1. The van der Waals surface area contributed by atoms with Crippen molar-refractivity contribution < 1.29 is 9.36 Å². The second-order valence-corrected chi connectivity index (χ2v) is 4.91. The van der Waals surface area contributed by atoms with Crippen molar-refractivity contribution in [2.24, 2.45) is 7.05 Å². The van der Waals surface area contributed by atoms with Crippen molar-refractivity contribution in [3.05, 3.63) is 18.7 Å². The van der Waals surface area contributed by atoms with Crippen LogP contribution in [0.1, 0.15) is 46.1 Å². The molecular formula is C13H24N3O+. The Hall–Kier alpha value is -1.32. The van der Waals surface area contributed by atoms with Crippen LogP contribution >= 0.6 is 0 Å². The summed E-state index contributed by atoms with van der Waals surface area (Å²) in [7, 11) is 2.03. The lowest BCUT2D eigenvalue weighted by Gasteiger charge is -2.13. The van der Waals surface area contributed by atoms with Crippen LogP contribution in [0.3, 0.4) is 0 Å². The van der Waals surface area contributed by atoms with Gasteiger partial charge in [-0.15, -0.1) is 0 Å². The fourth-order valence-corrected chi connectivity index (χ4v) is 2.02. The van der Waals surface area contributed by atoms with Crippen LogP contribution in [0.4, 0.5) is 0 Å². The Labute approximate surface area is 104 Å². The molecule has 4 nitrogen and oxygen atoms in total. The van der Waals surface area contributed by atoms with Gasteiger partial charge in [0.15, 0.2) is 0 Å². The SMILES string of the molecule is CC(=O)NC(C)CCCC(C)n1cc[n+](C)c1. The molecule has 0 spiro atoms. The van der Waals surface area contributed by atoms with Gasteiger partial charge in [0.2, 0.25) is 12.2 Å². The number of hydrogen-bond donors (Lipinski definition) is 1. The molecule has 1 aromatic rings. The molecule has 0 aromatic carbocycles. The normalized spacial score (nSPS) is 14.4. The molecule has 1 aromatic heterocycles. The predicted octanol–water partition coefficient (Wildman–Crippen LogP) is 1.57. The highest BCUT2D eigenvalue weighted by Gasteiger charge is 2.11. The maximum Gasteiger partial charge on any atom is 0.243 e. The number of hydrogen-bond acceptors (Lipinski definition) is 1. The maximum absolute atomic E-state index is 10.9. The summed E-state index contributed by atoms with van der Waals surface area (Å²) in [6.45, 7) is 5.85. The fourth-order valence-electron chi connectivity index (χ4n) is 2.02. The first-order valence-electron chi connectivity index (χ1n) is 6.29. The number of amides is 1. The van der Waals surface area contributed by atoms with Crippen molar-refractivity contribution in [3.63, 3.8) is 0 Å². The van der Waals surface area contributed by atoms with Crippen LogP contribution in [0.2, 0.25) is 0 Å². The number of nitrogens with zero attached hydrogens (tertiary/aromatic N) is 2. The summed E-state index contributed by atoms with van der Waals surface area (Å²) in [6.07, 6.45) is 9.56. The number of aromatic nitrogens is 2. The number of carbonyl (C=O) groups is 1. The Balaban J connectivity index is 2.24. The van der Waals surface area contributed by atoms with E-state index in [-0.39, 0.29) is 11.9 Å². The summed E-state index contributed by atoms with van der Waals surface area (Å²) in [6, 6.07) is 0.793. The highest BCUT2D eigenvalue weighted by molar-refractivity contribution is 5.73. The molecule has 0 radical (unpaired) electrons. The quantitative estimate of drug-likeness (QED) is 0.751. The van der Waals surface area contributed by atoms with E-state index in [1.807, 2.05) is 7.05 Å². The van der Waals surface area contributed by atoms with Crippen LogP contribution in [0.25, 0.3) is 0 Å². The third-order valence-corrected chi connectivity index (χ3v) is 3.01. The number of aryl methyl sites for hydroxylation is 1. The molecule has 1 N–H and O–H groups in total. The van der Waals surface area contributed by atoms with Gasteiger partial charge in [0.05, 0.1) is 13.1 Å². The Morgan fingerprint density at radius 2 is 2.12 bits per heavy atom. The molecule has 0 aliphatic heterocycles. The zero-order chi connectivity index (χ0) is 12.8. The number of rotatable bonds is 6. The summed E-state index contributed by atoms with van der Waals surface area (Å²) in [5, 5.41) is 2.91. The Morgan fingerprint density at radius 1 is 1.41 bits per heavy atom.